The van der Waals surface area contributed by atoms with Gasteiger partial charge in [0.05, 0.1) is 17.9 Å². The van der Waals surface area contributed by atoms with E-state index in [1.807, 2.05) is 6.07 Å². The summed E-state index contributed by atoms with van der Waals surface area (Å²) >= 11 is 0. The van der Waals surface area contributed by atoms with E-state index >= 15 is 0 Å². The molecule has 4 nitrogen and oxygen atoms in total. The first kappa shape index (κ1) is 6.03. The molecule has 2 aromatic rings. The number of carbonyl (C=O) groups is 1. The highest BCUT2D eigenvalue weighted by atomic mass is 16.1. The van der Waals surface area contributed by atoms with E-state index < -0.39 is 0 Å². The van der Waals surface area contributed by atoms with Gasteiger partial charge in [-0.25, -0.2) is 4.68 Å². The molecule has 0 saturated carbocycles. The Balaban J connectivity index is 2.86. The van der Waals surface area contributed by atoms with Crippen molar-refractivity contribution >= 4 is 17.3 Å². The number of carbonyl (C=O) groups excluding carboxylic acids is 1. The number of rotatable bonds is 1. The second-order valence-corrected chi connectivity index (χ2v) is 2.13. The fraction of sp³-hybridized carbons (Fsp3) is 0. The minimum absolute atomic E-state index is 0.657. The zero-order valence-corrected chi connectivity index (χ0v) is 5.64. The molecule has 4 heteroatoms. The quantitative estimate of drug-likeness (QED) is 0.551. The molecule has 0 spiro atoms. The summed E-state index contributed by atoms with van der Waals surface area (Å²) in [5.41, 5.74) is 0.738. The number of hydrogen-bond donors (Lipinski definition) is 0. The maximum absolute atomic E-state index is 10.4. The van der Waals surface area contributed by atoms with E-state index in [1.54, 1.807) is 18.6 Å². The minimum Gasteiger partial charge on any atom is -0.276 e. The molecule has 0 N–H and O–H groups in total. The maximum Gasteiger partial charge on any atom is 0.234 e. The van der Waals surface area contributed by atoms with Gasteiger partial charge in [-0.15, -0.1) is 0 Å². The van der Waals surface area contributed by atoms with E-state index in [-0.39, 0.29) is 0 Å². The van der Waals surface area contributed by atoms with E-state index in [0.717, 1.165) is 10.9 Å². The minimum atomic E-state index is 0.657. The van der Waals surface area contributed by atoms with E-state index in [4.69, 9.17) is 0 Å². The van der Waals surface area contributed by atoms with Crippen LogP contribution in [0.15, 0.2) is 24.7 Å². The molecular formula is C7H5N3O. The lowest BCUT2D eigenvalue weighted by atomic mass is 10.3. The van der Waals surface area contributed by atoms with Gasteiger partial charge in [0.25, 0.3) is 0 Å². The summed E-state index contributed by atoms with van der Waals surface area (Å²) in [4.78, 5) is 14.2. The second kappa shape index (κ2) is 2.16. The molecule has 2 aromatic heterocycles. The van der Waals surface area contributed by atoms with Crippen LogP contribution >= 0.6 is 0 Å². The second-order valence-electron chi connectivity index (χ2n) is 2.13. The van der Waals surface area contributed by atoms with Crippen LogP contribution in [-0.2, 0) is 4.79 Å². The van der Waals surface area contributed by atoms with Gasteiger partial charge in [0.2, 0.25) is 6.41 Å². The van der Waals surface area contributed by atoms with Crippen LogP contribution in [0, 0.1) is 0 Å². The van der Waals surface area contributed by atoms with Gasteiger partial charge in [-0.05, 0) is 6.07 Å². The average molecular weight is 147 g/mol. The Hall–Kier alpha value is -1.71. The van der Waals surface area contributed by atoms with Crippen LogP contribution in [0.2, 0.25) is 0 Å². The molecule has 54 valence electrons. The molecule has 0 fully saturated rings. The van der Waals surface area contributed by atoms with Crippen molar-refractivity contribution in [2.24, 2.45) is 0 Å². The summed E-state index contributed by atoms with van der Waals surface area (Å²) in [5.74, 6) is 0. The highest BCUT2D eigenvalue weighted by molar-refractivity contribution is 5.82. The number of hydrogen-bond acceptors (Lipinski definition) is 3. The van der Waals surface area contributed by atoms with Gasteiger partial charge < -0.3 is 0 Å². The normalized spacial score (nSPS) is 10.2. The Morgan fingerprint density at radius 1 is 1.45 bits per heavy atom. The Bertz CT molecular complexity index is 393. The van der Waals surface area contributed by atoms with Gasteiger partial charge in [0.15, 0.2) is 0 Å². The zero-order chi connectivity index (χ0) is 7.68. The summed E-state index contributed by atoms with van der Waals surface area (Å²) in [6, 6.07) is 1.81. The lowest BCUT2D eigenvalue weighted by Gasteiger charge is -1.88. The Kier molecular flexibility index (Phi) is 1.18. The lowest BCUT2D eigenvalue weighted by Crippen LogP contribution is -1.95. The fourth-order valence-electron chi connectivity index (χ4n) is 0.968. The van der Waals surface area contributed by atoms with E-state index in [1.165, 1.54) is 4.68 Å². The van der Waals surface area contributed by atoms with Crippen molar-refractivity contribution in [1.29, 1.82) is 0 Å². The number of fused-ring (bicyclic) bond motifs is 1. The van der Waals surface area contributed by atoms with Gasteiger partial charge in [-0.3, -0.25) is 9.78 Å². The molecule has 0 saturated heterocycles. The average Bonchev–Trinajstić information content (AvgIpc) is 2.47. The highest BCUT2D eigenvalue weighted by Gasteiger charge is 1.98. The van der Waals surface area contributed by atoms with Crippen molar-refractivity contribution in [2.45, 2.75) is 0 Å². The summed E-state index contributed by atoms with van der Waals surface area (Å²) in [7, 11) is 0. The van der Waals surface area contributed by atoms with E-state index in [0.29, 0.717) is 6.41 Å². The van der Waals surface area contributed by atoms with Crippen molar-refractivity contribution in [3.05, 3.63) is 24.7 Å². The van der Waals surface area contributed by atoms with E-state index in [9.17, 15) is 4.79 Å². The van der Waals surface area contributed by atoms with Crippen molar-refractivity contribution < 1.29 is 4.79 Å². The lowest BCUT2D eigenvalue weighted by molar-refractivity contribution is 0.542. The van der Waals surface area contributed by atoms with Crippen LogP contribution < -0.4 is 0 Å². The third kappa shape index (κ3) is 0.797. The number of nitrogens with zero attached hydrogens (tertiary/aromatic N) is 3. The summed E-state index contributed by atoms with van der Waals surface area (Å²) in [6.45, 7) is 0. The predicted molar refractivity (Wildman–Crippen MR) is 39.7 cm³/mol. The summed E-state index contributed by atoms with van der Waals surface area (Å²) in [6.07, 6.45) is 5.56. The largest absolute Gasteiger partial charge is 0.276 e. The molecule has 11 heavy (non-hydrogen) atoms. The third-order valence-electron chi connectivity index (χ3n) is 1.50. The molecule has 0 aliphatic carbocycles. The summed E-state index contributed by atoms with van der Waals surface area (Å²) < 4.78 is 1.25. The maximum atomic E-state index is 10.4. The molecular weight excluding hydrogens is 142 g/mol. The van der Waals surface area contributed by atoms with Gasteiger partial charge >= 0.3 is 0 Å². The molecule has 0 aromatic carbocycles. The third-order valence-corrected chi connectivity index (χ3v) is 1.50. The topological polar surface area (TPSA) is 47.8 Å². The first-order valence-electron chi connectivity index (χ1n) is 3.14. The Morgan fingerprint density at radius 2 is 2.36 bits per heavy atom. The molecule has 0 amide bonds. The summed E-state index contributed by atoms with van der Waals surface area (Å²) in [5, 5.41) is 4.75. The number of pyridine rings is 1. The SMILES string of the molecule is O=Cn1ncc2ccncc21. The molecule has 0 aliphatic heterocycles. The van der Waals surface area contributed by atoms with Crippen LogP contribution in [0.3, 0.4) is 0 Å². The fourth-order valence-corrected chi connectivity index (χ4v) is 0.968. The van der Waals surface area contributed by atoms with Crippen molar-refractivity contribution in [3.8, 4) is 0 Å². The van der Waals surface area contributed by atoms with Gasteiger partial charge in [0, 0.05) is 11.6 Å². The van der Waals surface area contributed by atoms with Crippen molar-refractivity contribution in [1.82, 2.24) is 14.8 Å². The molecule has 0 atom stereocenters. The van der Waals surface area contributed by atoms with Crippen LogP contribution in [0.25, 0.3) is 10.9 Å². The molecule has 0 bridgehead atoms. The predicted octanol–water partition coefficient (Wildman–Crippen LogP) is 0.470. The molecule has 0 unspecified atom stereocenters. The monoisotopic (exact) mass is 147 g/mol. The Labute approximate surface area is 62.5 Å². The molecule has 0 aliphatic rings. The molecule has 0 radical (unpaired) electrons. The van der Waals surface area contributed by atoms with Crippen LogP contribution in [-0.4, -0.2) is 21.2 Å². The smallest absolute Gasteiger partial charge is 0.234 e. The van der Waals surface area contributed by atoms with Gasteiger partial charge in [-0.2, -0.15) is 5.10 Å². The first-order valence-corrected chi connectivity index (χ1v) is 3.14. The zero-order valence-electron chi connectivity index (χ0n) is 5.64. The van der Waals surface area contributed by atoms with Gasteiger partial charge in [0.1, 0.15) is 0 Å². The first-order chi connectivity index (χ1) is 5.42. The molecule has 2 rings (SSSR count). The van der Waals surface area contributed by atoms with Crippen LogP contribution in [0.1, 0.15) is 0 Å². The van der Waals surface area contributed by atoms with Crippen LogP contribution in [0.5, 0.6) is 0 Å². The Morgan fingerprint density at radius 3 is 3.18 bits per heavy atom. The molecule has 2 heterocycles. The van der Waals surface area contributed by atoms with Crippen LogP contribution in [0.4, 0.5) is 0 Å². The standard InChI is InChI=1S/C7H5N3O/c11-5-10-7-4-8-2-1-6(7)3-9-10/h1-5H. The number of aromatic nitrogens is 3. The van der Waals surface area contributed by atoms with Crippen molar-refractivity contribution in [2.75, 3.05) is 0 Å². The van der Waals surface area contributed by atoms with Crippen molar-refractivity contribution in [3.63, 3.8) is 0 Å². The van der Waals surface area contributed by atoms with Gasteiger partial charge in [-0.1, -0.05) is 0 Å². The van der Waals surface area contributed by atoms with E-state index in [2.05, 4.69) is 10.1 Å². The highest BCUT2D eigenvalue weighted by Crippen LogP contribution is 2.08.